The standard InChI is InChI=1S/C19H17ClN2OS2/c1-13-4-3-5-17(10-13)22(14(2)23)19-21-16(12-25-19)11-24-18-8-6-15(20)7-9-18/h3-10,12H,11H2,1-2H3. The van der Waals surface area contributed by atoms with Crippen molar-refractivity contribution < 1.29 is 4.79 Å². The van der Waals surface area contributed by atoms with Gasteiger partial charge in [0, 0.05) is 28.0 Å². The summed E-state index contributed by atoms with van der Waals surface area (Å²) in [5.74, 6) is 0.703. The van der Waals surface area contributed by atoms with Crippen LogP contribution in [0, 0.1) is 6.92 Å². The number of rotatable bonds is 5. The molecule has 1 amide bonds. The van der Waals surface area contributed by atoms with Crippen molar-refractivity contribution in [1.29, 1.82) is 0 Å². The molecule has 6 heteroatoms. The molecule has 0 radical (unpaired) electrons. The van der Waals surface area contributed by atoms with Gasteiger partial charge in [-0.25, -0.2) is 4.98 Å². The number of hydrogen-bond acceptors (Lipinski definition) is 4. The Kier molecular flexibility index (Phi) is 5.78. The maximum absolute atomic E-state index is 12.2. The van der Waals surface area contributed by atoms with Crippen molar-refractivity contribution in [2.75, 3.05) is 4.90 Å². The molecule has 0 aliphatic carbocycles. The third-order valence-electron chi connectivity index (χ3n) is 3.51. The predicted octanol–water partition coefficient (Wildman–Crippen LogP) is 6.08. The Morgan fingerprint density at radius 1 is 1.24 bits per heavy atom. The molecule has 0 saturated carbocycles. The minimum Gasteiger partial charge on any atom is -0.274 e. The number of hydrogen-bond donors (Lipinski definition) is 0. The Labute approximate surface area is 160 Å². The van der Waals surface area contributed by atoms with Crippen molar-refractivity contribution in [2.45, 2.75) is 24.5 Å². The van der Waals surface area contributed by atoms with Crippen molar-refractivity contribution in [2.24, 2.45) is 0 Å². The highest BCUT2D eigenvalue weighted by atomic mass is 35.5. The number of nitrogens with zero attached hydrogens (tertiary/aromatic N) is 2. The van der Waals surface area contributed by atoms with Crippen molar-refractivity contribution in [3.8, 4) is 0 Å². The van der Waals surface area contributed by atoms with Crippen molar-refractivity contribution in [1.82, 2.24) is 4.98 Å². The van der Waals surface area contributed by atoms with E-state index < -0.39 is 0 Å². The van der Waals surface area contributed by atoms with Crippen LogP contribution < -0.4 is 4.90 Å². The summed E-state index contributed by atoms with van der Waals surface area (Å²) in [5.41, 5.74) is 2.91. The van der Waals surface area contributed by atoms with Gasteiger partial charge >= 0.3 is 0 Å². The quantitative estimate of drug-likeness (QED) is 0.496. The van der Waals surface area contributed by atoms with Crippen LogP contribution in [0.3, 0.4) is 0 Å². The molecular formula is C19H17ClN2OS2. The van der Waals surface area contributed by atoms with E-state index in [1.165, 1.54) is 11.3 Å². The van der Waals surface area contributed by atoms with Crippen LogP contribution in [0.1, 0.15) is 18.2 Å². The number of aryl methyl sites for hydroxylation is 1. The Morgan fingerprint density at radius 3 is 2.68 bits per heavy atom. The fraction of sp³-hybridized carbons (Fsp3) is 0.158. The van der Waals surface area contributed by atoms with Crippen LogP contribution in [0.5, 0.6) is 0 Å². The zero-order chi connectivity index (χ0) is 17.8. The predicted molar refractivity (Wildman–Crippen MR) is 107 cm³/mol. The number of amides is 1. The van der Waals surface area contributed by atoms with Gasteiger partial charge in [-0.05, 0) is 48.9 Å². The molecule has 0 atom stereocenters. The molecule has 0 bridgehead atoms. The van der Waals surface area contributed by atoms with Gasteiger partial charge in [0.25, 0.3) is 0 Å². The lowest BCUT2D eigenvalue weighted by Crippen LogP contribution is -2.22. The lowest BCUT2D eigenvalue weighted by atomic mass is 10.2. The molecule has 2 aromatic carbocycles. The Bertz CT molecular complexity index is 877. The van der Waals surface area contributed by atoms with E-state index in [-0.39, 0.29) is 5.91 Å². The molecule has 3 aromatic rings. The van der Waals surface area contributed by atoms with E-state index in [1.807, 2.05) is 60.8 Å². The second-order valence-corrected chi connectivity index (χ2v) is 7.88. The van der Waals surface area contributed by atoms with E-state index in [0.29, 0.717) is 5.13 Å². The molecule has 0 fully saturated rings. The van der Waals surface area contributed by atoms with E-state index >= 15 is 0 Å². The summed E-state index contributed by atoms with van der Waals surface area (Å²) in [6, 6.07) is 15.6. The van der Waals surface area contributed by atoms with Crippen LogP contribution in [0.2, 0.25) is 5.02 Å². The highest BCUT2D eigenvalue weighted by molar-refractivity contribution is 7.98. The maximum Gasteiger partial charge on any atom is 0.230 e. The molecule has 0 saturated heterocycles. The fourth-order valence-electron chi connectivity index (χ4n) is 2.35. The third-order valence-corrected chi connectivity index (χ3v) is 5.68. The largest absolute Gasteiger partial charge is 0.274 e. The highest BCUT2D eigenvalue weighted by Gasteiger charge is 2.18. The lowest BCUT2D eigenvalue weighted by molar-refractivity contribution is -0.115. The van der Waals surface area contributed by atoms with Crippen LogP contribution in [-0.2, 0) is 10.5 Å². The molecular weight excluding hydrogens is 372 g/mol. The molecule has 0 N–H and O–H groups in total. The van der Waals surface area contributed by atoms with Crippen molar-refractivity contribution in [3.63, 3.8) is 0 Å². The van der Waals surface area contributed by atoms with Gasteiger partial charge in [-0.15, -0.1) is 23.1 Å². The van der Waals surface area contributed by atoms with Gasteiger partial charge in [0.1, 0.15) is 0 Å². The van der Waals surface area contributed by atoms with Gasteiger partial charge in [-0.3, -0.25) is 9.69 Å². The molecule has 0 aliphatic heterocycles. The monoisotopic (exact) mass is 388 g/mol. The zero-order valence-corrected chi connectivity index (χ0v) is 16.3. The first-order valence-electron chi connectivity index (χ1n) is 7.73. The summed E-state index contributed by atoms with van der Waals surface area (Å²) in [5, 5.41) is 3.43. The molecule has 3 rings (SSSR count). The SMILES string of the molecule is CC(=O)N(c1cccc(C)c1)c1nc(CSc2ccc(Cl)cc2)cs1. The summed E-state index contributed by atoms with van der Waals surface area (Å²) in [6.07, 6.45) is 0. The maximum atomic E-state index is 12.2. The average Bonchev–Trinajstić information content (AvgIpc) is 3.03. The number of anilines is 2. The lowest BCUT2D eigenvalue weighted by Gasteiger charge is -2.18. The summed E-state index contributed by atoms with van der Waals surface area (Å²) in [4.78, 5) is 19.6. The van der Waals surface area contributed by atoms with Crippen LogP contribution in [-0.4, -0.2) is 10.9 Å². The molecule has 1 heterocycles. The molecule has 0 unspecified atom stereocenters. The first-order valence-corrected chi connectivity index (χ1v) is 9.97. The molecule has 0 aliphatic rings. The summed E-state index contributed by atoms with van der Waals surface area (Å²) in [6.45, 7) is 3.57. The van der Waals surface area contributed by atoms with Gasteiger partial charge in [-0.2, -0.15) is 0 Å². The first-order chi connectivity index (χ1) is 12.0. The van der Waals surface area contributed by atoms with Crippen molar-refractivity contribution in [3.05, 3.63) is 70.2 Å². The normalized spacial score (nSPS) is 10.7. The number of aromatic nitrogens is 1. The number of benzene rings is 2. The molecule has 0 spiro atoms. The minimum absolute atomic E-state index is 0.0446. The molecule has 3 nitrogen and oxygen atoms in total. The van der Waals surface area contributed by atoms with Gasteiger partial charge < -0.3 is 0 Å². The van der Waals surface area contributed by atoms with Crippen LogP contribution in [0.15, 0.2) is 58.8 Å². The van der Waals surface area contributed by atoms with E-state index in [0.717, 1.165) is 32.6 Å². The number of halogens is 1. The molecule has 25 heavy (non-hydrogen) atoms. The second-order valence-electron chi connectivity index (χ2n) is 5.56. The topological polar surface area (TPSA) is 33.2 Å². The van der Waals surface area contributed by atoms with Crippen molar-refractivity contribution >= 4 is 51.4 Å². The number of thioether (sulfide) groups is 1. The van der Waals surface area contributed by atoms with Crippen LogP contribution in [0.4, 0.5) is 10.8 Å². The molecule has 128 valence electrons. The van der Waals surface area contributed by atoms with E-state index in [4.69, 9.17) is 11.6 Å². The second kappa shape index (κ2) is 8.04. The van der Waals surface area contributed by atoms with Crippen LogP contribution >= 0.6 is 34.7 Å². The smallest absolute Gasteiger partial charge is 0.230 e. The van der Waals surface area contributed by atoms with Gasteiger partial charge in [0.05, 0.1) is 11.4 Å². The first kappa shape index (κ1) is 18.0. The van der Waals surface area contributed by atoms with Gasteiger partial charge in [-0.1, -0.05) is 23.7 Å². The third kappa shape index (κ3) is 4.63. The Hall–Kier alpha value is -1.82. The van der Waals surface area contributed by atoms with Gasteiger partial charge in [0.2, 0.25) is 5.91 Å². The summed E-state index contributed by atoms with van der Waals surface area (Å²) >= 11 is 9.09. The summed E-state index contributed by atoms with van der Waals surface area (Å²) in [7, 11) is 0. The number of thiazole rings is 1. The fourth-order valence-corrected chi connectivity index (χ4v) is 4.26. The van der Waals surface area contributed by atoms with Crippen LogP contribution in [0.25, 0.3) is 0 Å². The van der Waals surface area contributed by atoms with E-state index in [2.05, 4.69) is 4.98 Å². The zero-order valence-electron chi connectivity index (χ0n) is 13.9. The molecule has 1 aromatic heterocycles. The minimum atomic E-state index is -0.0446. The number of carbonyl (C=O) groups is 1. The summed E-state index contributed by atoms with van der Waals surface area (Å²) < 4.78 is 0. The Balaban J connectivity index is 1.76. The average molecular weight is 389 g/mol. The van der Waals surface area contributed by atoms with E-state index in [1.54, 1.807) is 23.6 Å². The Morgan fingerprint density at radius 2 is 2.00 bits per heavy atom. The number of carbonyl (C=O) groups excluding carboxylic acids is 1. The highest BCUT2D eigenvalue weighted by Crippen LogP contribution is 2.31. The van der Waals surface area contributed by atoms with E-state index in [9.17, 15) is 4.79 Å². The van der Waals surface area contributed by atoms with Gasteiger partial charge in [0.15, 0.2) is 5.13 Å².